The van der Waals surface area contributed by atoms with Crippen LogP contribution in [0.4, 0.5) is 0 Å². The smallest absolute Gasteiger partial charge is 0.0565 e. The van der Waals surface area contributed by atoms with Crippen LogP contribution in [0.15, 0.2) is 114 Å². The Kier molecular flexibility index (Phi) is 5.55. The molecule has 1 heteroatoms. The predicted octanol–water partition coefficient (Wildman–Crippen LogP) is 6.38. The first kappa shape index (κ1) is 18.5. The minimum Gasteiger partial charge on any atom is -0.299 e. The summed E-state index contributed by atoms with van der Waals surface area (Å²) in [5, 5.41) is 0. The van der Waals surface area contributed by atoms with E-state index in [-0.39, 0.29) is 12.0 Å². The molecule has 3 aromatic rings. The molecule has 1 aliphatic carbocycles. The van der Waals surface area contributed by atoms with Gasteiger partial charge in [0.2, 0.25) is 0 Å². The molecule has 4 rings (SSSR count). The topological polar surface area (TPSA) is 3.24 Å². The third-order valence-corrected chi connectivity index (χ3v) is 5.54. The number of likely N-dealkylation sites (N-methyl/N-ethyl adjacent to an activating group) is 1. The van der Waals surface area contributed by atoms with Crippen molar-refractivity contribution in [3.63, 3.8) is 0 Å². The van der Waals surface area contributed by atoms with E-state index in [0.29, 0.717) is 0 Å². The summed E-state index contributed by atoms with van der Waals surface area (Å²) in [6, 6.07) is 32.9. The van der Waals surface area contributed by atoms with Crippen LogP contribution >= 0.6 is 0 Å². The van der Waals surface area contributed by atoms with Gasteiger partial charge < -0.3 is 0 Å². The summed E-state index contributed by atoms with van der Waals surface area (Å²) in [5.41, 5.74) is 6.97. The molecule has 0 radical (unpaired) electrons. The lowest BCUT2D eigenvalue weighted by molar-refractivity contribution is 0.333. The zero-order valence-corrected chi connectivity index (χ0v) is 16.6. The van der Waals surface area contributed by atoms with Crippen molar-refractivity contribution in [3.05, 3.63) is 131 Å². The Hall–Kier alpha value is -2.90. The number of benzene rings is 3. The number of hydrogen-bond acceptors (Lipinski definition) is 1. The van der Waals surface area contributed by atoms with Crippen molar-refractivity contribution >= 4 is 0 Å². The number of allylic oxidation sites excluding steroid dienone is 3. The maximum atomic E-state index is 2.35. The minimum atomic E-state index is 0.252. The summed E-state index contributed by atoms with van der Waals surface area (Å²) < 4.78 is 0. The number of nitrogens with zero attached hydrogens (tertiary/aromatic N) is 1. The third kappa shape index (κ3) is 3.72. The third-order valence-electron chi connectivity index (χ3n) is 5.54. The molecule has 0 spiro atoms. The van der Waals surface area contributed by atoms with Gasteiger partial charge in [-0.05, 0) is 48.4 Å². The fraction of sp³-hybridized carbons (Fsp3) is 0.185. The van der Waals surface area contributed by atoms with Crippen LogP contribution in [0.3, 0.4) is 0 Å². The lowest BCUT2D eigenvalue weighted by atomic mass is 9.81. The van der Waals surface area contributed by atoms with Gasteiger partial charge in [-0.2, -0.15) is 0 Å². The van der Waals surface area contributed by atoms with Gasteiger partial charge in [0.05, 0.1) is 6.04 Å². The SMILES string of the molecule is CN(C)[C@@H](C1=C(C(c2ccccc2)c2ccccc2)C=CC1)c1ccccc1. The summed E-state index contributed by atoms with van der Waals surface area (Å²) in [6.45, 7) is 0. The molecule has 28 heavy (non-hydrogen) atoms. The van der Waals surface area contributed by atoms with Crippen LogP contribution in [0.2, 0.25) is 0 Å². The number of hydrogen-bond donors (Lipinski definition) is 0. The fourth-order valence-corrected chi connectivity index (χ4v) is 4.38. The van der Waals surface area contributed by atoms with Gasteiger partial charge in [-0.3, -0.25) is 4.90 Å². The van der Waals surface area contributed by atoms with Crippen LogP contribution in [0.5, 0.6) is 0 Å². The van der Waals surface area contributed by atoms with E-state index in [1.807, 2.05) is 0 Å². The van der Waals surface area contributed by atoms with Crippen molar-refractivity contribution in [3.8, 4) is 0 Å². The van der Waals surface area contributed by atoms with Crippen molar-refractivity contribution in [2.24, 2.45) is 0 Å². The highest BCUT2D eigenvalue weighted by Crippen LogP contribution is 2.43. The second kappa shape index (κ2) is 8.41. The summed E-state index contributed by atoms with van der Waals surface area (Å²) in [7, 11) is 4.36. The second-order valence-electron chi connectivity index (χ2n) is 7.62. The first-order valence-corrected chi connectivity index (χ1v) is 9.96. The average molecular weight is 366 g/mol. The van der Waals surface area contributed by atoms with Crippen LogP contribution in [-0.2, 0) is 0 Å². The summed E-state index contributed by atoms with van der Waals surface area (Å²) in [4.78, 5) is 2.34. The molecule has 0 heterocycles. The Morgan fingerprint density at radius 3 is 1.57 bits per heavy atom. The van der Waals surface area contributed by atoms with E-state index in [1.54, 1.807) is 0 Å². The molecule has 0 bridgehead atoms. The van der Waals surface area contributed by atoms with Crippen molar-refractivity contribution in [1.29, 1.82) is 0 Å². The van der Waals surface area contributed by atoms with Gasteiger partial charge >= 0.3 is 0 Å². The van der Waals surface area contributed by atoms with Crippen LogP contribution in [-0.4, -0.2) is 19.0 Å². The van der Waals surface area contributed by atoms with Gasteiger partial charge in [-0.1, -0.05) is 103 Å². The maximum absolute atomic E-state index is 2.35. The zero-order chi connectivity index (χ0) is 19.3. The van der Waals surface area contributed by atoms with Crippen LogP contribution in [0.1, 0.15) is 35.1 Å². The Morgan fingerprint density at radius 2 is 1.11 bits per heavy atom. The normalized spacial score (nSPS) is 14.9. The molecule has 0 aromatic heterocycles. The first-order chi connectivity index (χ1) is 13.8. The molecular formula is C27H27N. The molecule has 1 nitrogen and oxygen atoms in total. The molecule has 0 N–H and O–H groups in total. The van der Waals surface area contributed by atoms with Crippen molar-refractivity contribution in [2.75, 3.05) is 14.1 Å². The van der Waals surface area contributed by atoms with Gasteiger partial charge in [-0.25, -0.2) is 0 Å². The van der Waals surface area contributed by atoms with E-state index in [4.69, 9.17) is 0 Å². The number of rotatable bonds is 6. The molecular weight excluding hydrogens is 338 g/mol. The van der Waals surface area contributed by atoms with Gasteiger partial charge in [0, 0.05) is 5.92 Å². The van der Waals surface area contributed by atoms with Gasteiger partial charge in [0.1, 0.15) is 0 Å². The maximum Gasteiger partial charge on any atom is 0.0565 e. The summed E-state index contributed by atoms with van der Waals surface area (Å²) in [5.74, 6) is 0.252. The molecule has 0 fully saturated rings. The Bertz CT molecular complexity index is 913. The quantitative estimate of drug-likeness (QED) is 0.490. The lowest BCUT2D eigenvalue weighted by Gasteiger charge is -2.30. The first-order valence-electron chi connectivity index (χ1n) is 9.96. The van der Waals surface area contributed by atoms with Gasteiger partial charge in [0.15, 0.2) is 0 Å². The predicted molar refractivity (Wildman–Crippen MR) is 118 cm³/mol. The van der Waals surface area contributed by atoms with E-state index < -0.39 is 0 Å². The van der Waals surface area contributed by atoms with Crippen LogP contribution < -0.4 is 0 Å². The van der Waals surface area contributed by atoms with E-state index in [0.717, 1.165) is 6.42 Å². The second-order valence-corrected chi connectivity index (χ2v) is 7.62. The van der Waals surface area contributed by atoms with Crippen molar-refractivity contribution < 1.29 is 0 Å². The molecule has 0 aliphatic heterocycles. The van der Waals surface area contributed by atoms with E-state index >= 15 is 0 Å². The van der Waals surface area contributed by atoms with Gasteiger partial charge in [-0.15, -0.1) is 0 Å². The summed E-state index contributed by atoms with van der Waals surface area (Å²) >= 11 is 0. The minimum absolute atomic E-state index is 0.252. The van der Waals surface area contributed by atoms with Crippen molar-refractivity contribution in [2.45, 2.75) is 18.4 Å². The molecule has 0 unspecified atom stereocenters. The van der Waals surface area contributed by atoms with Gasteiger partial charge in [0.25, 0.3) is 0 Å². The molecule has 1 aliphatic rings. The molecule has 0 amide bonds. The standard InChI is InChI=1S/C27H27N/c1-28(2)27(23-17-10-5-11-18-23)25-20-12-19-24(25)26(21-13-6-3-7-14-21)22-15-8-4-9-16-22/h3-19,26-27H,20H2,1-2H3/t27-/m1/s1. The lowest BCUT2D eigenvalue weighted by Crippen LogP contribution is -2.23. The molecule has 140 valence electrons. The van der Waals surface area contributed by atoms with Crippen LogP contribution in [0.25, 0.3) is 0 Å². The van der Waals surface area contributed by atoms with Crippen molar-refractivity contribution in [1.82, 2.24) is 4.90 Å². The highest BCUT2D eigenvalue weighted by atomic mass is 15.1. The fourth-order valence-electron chi connectivity index (χ4n) is 4.38. The largest absolute Gasteiger partial charge is 0.299 e. The average Bonchev–Trinajstić information content (AvgIpc) is 3.19. The monoisotopic (exact) mass is 365 g/mol. The Balaban J connectivity index is 1.87. The highest BCUT2D eigenvalue weighted by molar-refractivity contribution is 5.52. The van der Waals surface area contributed by atoms with Crippen LogP contribution in [0, 0.1) is 0 Å². The van der Waals surface area contributed by atoms with E-state index in [9.17, 15) is 0 Å². The molecule has 3 aromatic carbocycles. The van der Waals surface area contributed by atoms with E-state index in [2.05, 4.69) is 122 Å². The van der Waals surface area contributed by atoms with E-state index in [1.165, 1.54) is 27.8 Å². The Morgan fingerprint density at radius 1 is 0.643 bits per heavy atom. The zero-order valence-electron chi connectivity index (χ0n) is 16.6. The molecule has 0 saturated carbocycles. The molecule has 0 saturated heterocycles. The molecule has 1 atom stereocenters. The highest BCUT2D eigenvalue weighted by Gasteiger charge is 2.28. The summed E-state index contributed by atoms with van der Waals surface area (Å²) in [6.07, 6.45) is 5.67. The Labute approximate surface area is 168 Å².